The summed E-state index contributed by atoms with van der Waals surface area (Å²) in [4.78, 5) is 0.738. The molecule has 0 radical (unpaired) electrons. The number of hydrogen-bond donors (Lipinski definition) is 1. The minimum Gasteiger partial charge on any atom is -0.389 e. The first-order chi connectivity index (χ1) is 9.79. The number of nitrogens with zero attached hydrogens (tertiary/aromatic N) is 1. The van der Waals surface area contributed by atoms with E-state index in [-0.39, 0.29) is 17.1 Å². The first-order valence-electron chi connectivity index (χ1n) is 7.69. The highest BCUT2D eigenvalue weighted by Gasteiger charge is 2.59. The zero-order valence-corrected chi connectivity index (χ0v) is 13.9. The number of hydrogen-bond acceptors (Lipinski definition) is 3. The number of aliphatic hydroxyl groups is 1. The van der Waals surface area contributed by atoms with E-state index in [1.165, 1.54) is 6.42 Å². The van der Waals surface area contributed by atoms with Crippen LogP contribution in [0.15, 0.2) is 39.6 Å². The summed E-state index contributed by atoms with van der Waals surface area (Å²) >= 11 is 0. The fourth-order valence-electron chi connectivity index (χ4n) is 4.75. The van der Waals surface area contributed by atoms with Gasteiger partial charge in [0.05, 0.1) is 21.1 Å². The number of rotatable bonds is 3. The van der Waals surface area contributed by atoms with Gasteiger partial charge in [-0.15, -0.1) is 0 Å². The van der Waals surface area contributed by atoms with E-state index in [0.29, 0.717) is 5.92 Å². The highest BCUT2D eigenvalue weighted by Crippen LogP contribution is 2.60. The average Bonchev–Trinajstić information content (AvgIpc) is 2.91. The van der Waals surface area contributed by atoms with Crippen LogP contribution in [0.1, 0.15) is 33.1 Å². The lowest BCUT2D eigenvalue weighted by Crippen LogP contribution is -2.48. The quantitative estimate of drug-likeness (QED) is 0.931. The third-order valence-corrected chi connectivity index (χ3v) is 7.96. The fraction of sp³-hybridized carbons (Fsp3) is 0.647. The van der Waals surface area contributed by atoms with Crippen molar-refractivity contribution in [3.63, 3.8) is 0 Å². The molecule has 0 amide bonds. The van der Waals surface area contributed by atoms with E-state index < -0.39 is 15.3 Å². The van der Waals surface area contributed by atoms with Crippen molar-refractivity contribution in [1.29, 1.82) is 0 Å². The van der Waals surface area contributed by atoms with Crippen LogP contribution < -0.4 is 0 Å². The second-order valence-electron chi connectivity index (χ2n) is 7.44. The van der Waals surface area contributed by atoms with E-state index in [1.807, 2.05) is 30.3 Å². The Hall–Kier alpha value is -0.870. The van der Waals surface area contributed by atoms with Crippen LogP contribution in [-0.4, -0.2) is 27.7 Å². The van der Waals surface area contributed by atoms with E-state index in [9.17, 15) is 9.32 Å². The maximum atomic E-state index is 13.3. The van der Waals surface area contributed by atoms with E-state index in [2.05, 4.69) is 18.2 Å². The van der Waals surface area contributed by atoms with Crippen molar-refractivity contribution in [2.45, 2.75) is 43.6 Å². The predicted octanol–water partition coefficient (Wildman–Crippen LogP) is 3.33. The molecule has 4 atom stereocenters. The first-order valence-corrected chi connectivity index (χ1v) is 9.38. The minimum atomic E-state index is -2.55. The standard InChI is InChI=1S/C17H25NO2S/c1-16(2)10-13-9-15(16)17(19,11-13)12-21(20,18-3)14-7-5-4-6-8-14/h4-8,13,15,19H,9-12H2,1-3H3/t13-,15-,17+,21+/m0/s1. The van der Waals surface area contributed by atoms with Gasteiger partial charge in [0.2, 0.25) is 0 Å². The third kappa shape index (κ3) is 2.42. The molecule has 0 unspecified atom stereocenters. The molecular weight excluding hydrogens is 282 g/mol. The molecule has 2 aliphatic rings. The summed E-state index contributed by atoms with van der Waals surface area (Å²) in [6, 6.07) is 9.40. The summed E-state index contributed by atoms with van der Waals surface area (Å²) in [6.45, 7) is 4.46. The van der Waals surface area contributed by atoms with Gasteiger partial charge < -0.3 is 5.11 Å². The maximum Gasteiger partial charge on any atom is 0.0810 e. The van der Waals surface area contributed by atoms with E-state index in [4.69, 9.17) is 0 Å². The molecule has 2 bridgehead atoms. The second-order valence-corrected chi connectivity index (χ2v) is 9.84. The van der Waals surface area contributed by atoms with Gasteiger partial charge >= 0.3 is 0 Å². The second kappa shape index (κ2) is 4.82. The average molecular weight is 307 g/mol. The van der Waals surface area contributed by atoms with Crippen LogP contribution in [0, 0.1) is 17.3 Å². The van der Waals surface area contributed by atoms with E-state index >= 15 is 0 Å². The van der Waals surface area contributed by atoms with Crippen molar-refractivity contribution in [3.8, 4) is 0 Å². The molecule has 0 spiro atoms. The van der Waals surface area contributed by atoms with Gasteiger partial charge in [0.25, 0.3) is 0 Å². The Bertz CT molecular complexity index is 646. The number of benzene rings is 1. The Balaban J connectivity index is 1.94. The van der Waals surface area contributed by atoms with Crippen LogP contribution in [0.25, 0.3) is 0 Å². The van der Waals surface area contributed by atoms with Gasteiger partial charge in [-0.1, -0.05) is 32.0 Å². The van der Waals surface area contributed by atoms with E-state index in [1.54, 1.807) is 7.05 Å². The Labute approximate surface area is 128 Å². The fourth-order valence-corrected chi connectivity index (χ4v) is 6.84. The molecule has 4 heteroatoms. The Kier molecular flexibility index (Phi) is 3.45. The molecule has 1 aromatic rings. The smallest absolute Gasteiger partial charge is 0.0810 e. The Morgan fingerprint density at radius 3 is 2.48 bits per heavy atom. The molecule has 2 fully saturated rings. The molecule has 3 rings (SSSR count). The van der Waals surface area contributed by atoms with Crippen LogP contribution in [0.3, 0.4) is 0 Å². The van der Waals surface area contributed by atoms with Gasteiger partial charge in [0, 0.05) is 11.9 Å². The number of fused-ring (bicyclic) bond motifs is 2. The lowest BCUT2D eigenvalue weighted by atomic mass is 9.69. The molecule has 0 saturated heterocycles. The highest BCUT2D eigenvalue weighted by molar-refractivity contribution is 7.93. The highest BCUT2D eigenvalue weighted by atomic mass is 32.2. The molecule has 3 nitrogen and oxygen atoms in total. The van der Waals surface area contributed by atoms with Crippen LogP contribution in [0.5, 0.6) is 0 Å². The molecule has 116 valence electrons. The van der Waals surface area contributed by atoms with Gasteiger partial charge in [-0.05, 0) is 48.6 Å². The van der Waals surface area contributed by atoms with Crippen LogP contribution in [0.2, 0.25) is 0 Å². The molecule has 0 aliphatic heterocycles. The van der Waals surface area contributed by atoms with Crippen molar-refractivity contribution in [2.24, 2.45) is 21.6 Å². The van der Waals surface area contributed by atoms with Crippen molar-refractivity contribution in [3.05, 3.63) is 30.3 Å². The van der Waals surface area contributed by atoms with Crippen molar-refractivity contribution < 1.29 is 9.32 Å². The van der Waals surface area contributed by atoms with Crippen molar-refractivity contribution in [2.75, 3.05) is 12.8 Å². The molecule has 1 aromatic carbocycles. The Morgan fingerprint density at radius 1 is 1.29 bits per heavy atom. The SMILES string of the molecule is CN=[S@@](=O)(C[C@]1(O)C[C@H]2C[C@H]1C(C)(C)C2)c1ccccc1. The third-order valence-electron chi connectivity index (χ3n) is 5.47. The largest absolute Gasteiger partial charge is 0.389 e. The van der Waals surface area contributed by atoms with Gasteiger partial charge in [0.1, 0.15) is 0 Å². The maximum absolute atomic E-state index is 13.3. The van der Waals surface area contributed by atoms with Gasteiger partial charge in [-0.2, -0.15) is 0 Å². The van der Waals surface area contributed by atoms with Crippen LogP contribution in [-0.2, 0) is 9.73 Å². The van der Waals surface area contributed by atoms with Gasteiger partial charge in [-0.25, -0.2) is 8.57 Å². The van der Waals surface area contributed by atoms with Crippen molar-refractivity contribution in [1.82, 2.24) is 0 Å². The molecule has 21 heavy (non-hydrogen) atoms. The van der Waals surface area contributed by atoms with Gasteiger partial charge in [-0.3, -0.25) is 0 Å². The van der Waals surface area contributed by atoms with Crippen LogP contribution >= 0.6 is 0 Å². The molecular formula is C17H25NO2S. The molecule has 1 N–H and O–H groups in total. The summed E-state index contributed by atoms with van der Waals surface area (Å²) in [5.74, 6) is 1.08. The zero-order valence-electron chi connectivity index (χ0n) is 13.1. The topological polar surface area (TPSA) is 49.7 Å². The summed E-state index contributed by atoms with van der Waals surface area (Å²) < 4.78 is 17.5. The first kappa shape index (κ1) is 15.0. The van der Waals surface area contributed by atoms with Gasteiger partial charge in [0.15, 0.2) is 0 Å². The zero-order chi connectivity index (χ0) is 15.3. The lowest BCUT2D eigenvalue weighted by molar-refractivity contribution is -0.0423. The van der Waals surface area contributed by atoms with E-state index in [0.717, 1.165) is 17.7 Å². The Morgan fingerprint density at radius 2 is 1.95 bits per heavy atom. The predicted molar refractivity (Wildman–Crippen MR) is 85.6 cm³/mol. The molecule has 0 heterocycles. The van der Waals surface area contributed by atoms with Crippen LogP contribution in [0.4, 0.5) is 0 Å². The van der Waals surface area contributed by atoms with Crippen molar-refractivity contribution >= 4 is 9.73 Å². The normalized spacial score (nSPS) is 36.4. The summed E-state index contributed by atoms with van der Waals surface area (Å²) in [7, 11) is -0.937. The molecule has 2 aliphatic carbocycles. The molecule has 0 aromatic heterocycles. The summed E-state index contributed by atoms with van der Waals surface area (Å²) in [5, 5.41) is 11.2. The molecule has 2 saturated carbocycles. The lowest BCUT2D eigenvalue weighted by Gasteiger charge is -2.42. The monoisotopic (exact) mass is 307 g/mol. The minimum absolute atomic E-state index is 0.141. The summed E-state index contributed by atoms with van der Waals surface area (Å²) in [5.41, 5.74) is -0.693. The summed E-state index contributed by atoms with van der Waals surface area (Å²) in [6.07, 6.45) is 3.02.